The lowest BCUT2D eigenvalue weighted by Crippen LogP contribution is -2.23. The second-order valence-electron chi connectivity index (χ2n) is 4.13. The fourth-order valence-electron chi connectivity index (χ4n) is 1.62. The molecule has 0 radical (unpaired) electrons. The van der Waals surface area contributed by atoms with E-state index >= 15 is 0 Å². The topological polar surface area (TPSA) is 55.4 Å². The normalized spacial score (nSPS) is 11.3. The van der Waals surface area contributed by atoms with Gasteiger partial charge < -0.3 is 4.74 Å². The van der Waals surface area contributed by atoms with Crippen LogP contribution in [0, 0.1) is 5.82 Å². The molecule has 0 fully saturated rings. The van der Waals surface area contributed by atoms with Crippen molar-refractivity contribution in [2.75, 3.05) is 7.11 Å². The van der Waals surface area contributed by atoms with Gasteiger partial charge in [0.2, 0.25) is 10.0 Å². The third-order valence-corrected chi connectivity index (χ3v) is 4.17. The van der Waals surface area contributed by atoms with E-state index in [0.717, 1.165) is 17.7 Å². The summed E-state index contributed by atoms with van der Waals surface area (Å²) in [5.41, 5.74) is 0.802. The predicted molar refractivity (Wildman–Crippen MR) is 73.4 cm³/mol. The number of hydrogen-bond donors (Lipinski definition) is 1. The van der Waals surface area contributed by atoms with Gasteiger partial charge >= 0.3 is 0 Å². The van der Waals surface area contributed by atoms with Crippen molar-refractivity contribution in [3.8, 4) is 5.75 Å². The van der Waals surface area contributed by atoms with Crippen LogP contribution in [0.1, 0.15) is 5.56 Å². The highest BCUT2D eigenvalue weighted by Gasteiger charge is 2.13. The first-order chi connectivity index (χ1) is 9.51. The first kappa shape index (κ1) is 14.5. The maximum Gasteiger partial charge on any atom is 0.240 e. The fraction of sp³-hybridized carbons (Fsp3) is 0.143. The van der Waals surface area contributed by atoms with Gasteiger partial charge in [0.15, 0.2) is 0 Å². The van der Waals surface area contributed by atoms with Crippen LogP contribution < -0.4 is 9.46 Å². The summed E-state index contributed by atoms with van der Waals surface area (Å²) in [6.07, 6.45) is 0. The molecule has 0 heterocycles. The van der Waals surface area contributed by atoms with Crippen molar-refractivity contribution >= 4 is 10.0 Å². The Bertz CT molecular complexity index is 667. The minimum Gasteiger partial charge on any atom is -0.497 e. The van der Waals surface area contributed by atoms with E-state index in [1.807, 2.05) is 0 Å². The van der Waals surface area contributed by atoms with Crippen LogP contribution >= 0.6 is 0 Å². The zero-order chi connectivity index (χ0) is 14.6. The van der Waals surface area contributed by atoms with Gasteiger partial charge in [-0.2, -0.15) is 0 Å². The zero-order valence-electron chi connectivity index (χ0n) is 10.8. The minimum atomic E-state index is -3.64. The molecule has 0 aliphatic rings. The molecule has 106 valence electrons. The van der Waals surface area contributed by atoms with Crippen molar-refractivity contribution in [3.63, 3.8) is 0 Å². The molecule has 1 N–H and O–H groups in total. The second-order valence-corrected chi connectivity index (χ2v) is 5.89. The molecule has 2 aromatic carbocycles. The molecule has 6 heteroatoms. The van der Waals surface area contributed by atoms with E-state index in [-0.39, 0.29) is 11.4 Å². The average Bonchev–Trinajstić information content (AvgIpc) is 2.46. The van der Waals surface area contributed by atoms with Crippen LogP contribution in [0.15, 0.2) is 53.4 Å². The van der Waals surface area contributed by atoms with Crippen molar-refractivity contribution in [1.82, 2.24) is 4.72 Å². The molecule has 0 atom stereocenters. The summed E-state index contributed by atoms with van der Waals surface area (Å²) in [7, 11) is -2.08. The number of halogens is 1. The predicted octanol–water partition coefficient (Wildman–Crippen LogP) is 2.31. The zero-order valence-corrected chi connectivity index (χ0v) is 11.7. The number of ether oxygens (including phenoxy) is 1. The Morgan fingerprint density at radius 1 is 1.05 bits per heavy atom. The number of rotatable bonds is 5. The number of nitrogens with one attached hydrogen (secondary N) is 1. The second kappa shape index (κ2) is 6.02. The largest absolute Gasteiger partial charge is 0.497 e. The molecule has 0 aromatic heterocycles. The summed E-state index contributed by atoms with van der Waals surface area (Å²) >= 11 is 0. The van der Waals surface area contributed by atoms with Gasteiger partial charge in [0.1, 0.15) is 11.6 Å². The lowest BCUT2D eigenvalue weighted by atomic mass is 10.2. The van der Waals surface area contributed by atoms with Crippen molar-refractivity contribution in [1.29, 1.82) is 0 Å². The Morgan fingerprint density at radius 3 is 2.20 bits per heavy atom. The van der Waals surface area contributed by atoms with Crippen LogP contribution in [0.2, 0.25) is 0 Å². The van der Waals surface area contributed by atoms with Crippen LogP contribution in [-0.4, -0.2) is 15.5 Å². The lowest BCUT2D eigenvalue weighted by Gasteiger charge is -2.07. The molecule has 20 heavy (non-hydrogen) atoms. The molecule has 0 saturated carbocycles. The van der Waals surface area contributed by atoms with Crippen molar-refractivity contribution < 1.29 is 17.5 Å². The SMILES string of the molecule is COc1ccc(CNS(=O)(=O)c2ccc(F)cc2)cc1. The van der Waals surface area contributed by atoms with Gasteiger partial charge in [-0.3, -0.25) is 0 Å². The van der Waals surface area contributed by atoms with Gasteiger partial charge in [-0.25, -0.2) is 17.5 Å². The van der Waals surface area contributed by atoms with Gasteiger partial charge in [-0.15, -0.1) is 0 Å². The van der Waals surface area contributed by atoms with Gasteiger partial charge in [0.25, 0.3) is 0 Å². The standard InChI is InChI=1S/C14H14FNO3S/c1-19-13-6-2-11(3-7-13)10-16-20(17,18)14-8-4-12(15)5-9-14/h2-9,16H,10H2,1H3. The van der Waals surface area contributed by atoms with Crippen LogP contribution in [0.3, 0.4) is 0 Å². The summed E-state index contributed by atoms with van der Waals surface area (Å²) in [6, 6.07) is 11.7. The monoisotopic (exact) mass is 295 g/mol. The smallest absolute Gasteiger partial charge is 0.240 e. The summed E-state index contributed by atoms with van der Waals surface area (Å²) in [6.45, 7) is 0.156. The number of benzene rings is 2. The highest BCUT2D eigenvalue weighted by atomic mass is 32.2. The first-order valence-corrected chi connectivity index (χ1v) is 7.38. The molecule has 0 amide bonds. The fourth-order valence-corrected chi connectivity index (χ4v) is 2.64. The van der Waals surface area contributed by atoms with E-state index in [9.17, 15) is 12.8 Å². The highest BCUT2D eigenvalue weighted by Crippen LogP contribution is 2.13. The summed E-state index contributed by atoms with van der Waals surface area (Å²) in [5.74, 6) is 0.231. The highest BCUT2D eigenvalue weighted by molar-refractivity contribution is 7.89. The van der Waals surface area contributed by atoms with Crippen molar-refractivity contribution in [3.05, 3.63) is 59.9 Å². The maximum atomic E-state index is 12.8. The van der Waals surface area contributed by atoms with Crippen LogP contribution in [-0.2, 0) is 16.6 Å². The van der Waals surface area contributed by atoms with Gasteiger partial charge in [0, 0.05) is 6.54 Å². The summed E-state index contributed by atoms with van der Waals surface area (Å²) < 4.78 is 44.2. The molecule has 0 bridgehead atoms. The molecular weight excluding hydrogens is 281 g/mol. The molecular formula is C14H14FNO3S. The first-order valence-electron chi connectivity index (χ1n) is 5.89. The van der Waals surface area contributed by atoms with Crippen molar-refractivity contribution in [2.24, 2.45) is 0 Å². The molecule has 0 unspecified atom stereocenters. The van der Waals surface area contributed by atoms with Gasteiger partial charge in [-0.05, 0) is 42.0 Å². The maximum absolute atomic E-state index is 12.8. The van der Waals surface area contributed by atoms with Crippen LogP contribution in [0.25, 0.3) is 0 Å². The van der Waals surface area contributed by atoms with E-state index < -0.39 is 15.8 Å². The van der Waals surface area contributed by atoms with Crippen molar-refractivity contribution in [2.45, 2.75) is 11.4 Å². The molecule has 0 saturated heterocycles. The van der Waals surface area contributed by atoms with Crippen LogP contribution in [0.4, 0.5) is 4.39 Å². The molecule has 2 aromatic rings. The third kappa shape index (κ3) is 3.55. The lowest BCUT2D eigenvalue weighted by molar-refractivity contribution is 0.414. The number of methoxy groups -OCH3 is 1. The number of hydrogen-bond acceptors (Lipinski definition) is 3. The molecule has 2 rings (SSSR count). The Labute approximate surface area is 117 Å². The Balaban J connectivity index is 2.06. The van der Waals surface area contributed by atoms with E-state index in [4.69, 9.17) is 4.74 Å². The van der Waals surface area contributed by atoms with Crippen LogP contribution in [0.5, 0.6) is 5.75 Å². The molecule has 4 nitrogen and oxygen atoms in total. The molecule has 0 spiro atoms. The Kier molecular flexibility index (Phi) is 4.36. The summed E-state index contributed by atoms with van der Waals surface area (Å²) in [5, 5.41) is 0. The van der Waals surface area contributed by atoms with Gasteiger partial charge in [0.05, 0.1) is 12.0 Å². The van der Waals surface area contributed by atoms with E-state index in [0.29, 0.717) is 5.75 Å². The Hall–Kier alpha value is -1.92. The average molecular weight is 295 g/mol. The molecule has 0 aliphatic heterocycles. The van der Waals surface area contributed by atoms with E-state index in [1.54, 1.807) is 31.4 Å². The van der Waals surface area contributed by atoms with Gasteiger partial charge in [-0.1, -0.05) is 12.1 Å². The summed E-state index contributed by atoms with van der Waals surface area (Å²) in [4.78, 5) is 0.0346. The molecule has 0 aliphatic carbocycles. The van der Waals surface area contributed by atoms with E-state index in [1.165, 1.54) is 12.1 Å². The third-order valence-electron chi connectivity index (χ3n) is 2.75. The Morgan fingerprint density at radius 2 is 1.65 bits per heavy atom. The van der Waals surface area contributed by atoms with E-state index in [2.05, 4.69) is 4.72 Å². The minimum absolute atomic E-state index is 0.0346. The number of sulfonamides is 1. The quantitative estimate of drug-likeness (QED) is 0.921.